The molecule has 0 atom stereocenters. The molecule has 3 nitrogen and oxygen atoms in total. The third kappa shape index (κ3) is 1.67. The van der Waals surface area contributed by atoms with Crippen LogP contribution in [0.15, 0.2) is 5.38 Å². The van der Waals surface area contributed by atoms with Crippen LogP contribution in [0.3, 0.4) is 0 Å². The van der Waals surface area contributed by atoms with E-state index in [9.17, 15) is 4.79 Å². The zero-order valence-corrected chi connectivity index (χ0v) is 8.86. The lowest BCUT2D eigenvalue weighted by atomic mass is 10.1. The van der Waals surface area contributed by atoms with Crippen molar-refractivity contribution in [3.05, 3.63) is 21.4 Å². The van der Waals surface area contributed by atoms with Gasteiger partial charge in [0.1, 0.15) is 0 Å². The molecule has 0 saturated heterocycles. The third-order valence-electron chi connectivity index (χ3n) is 2.21. The Hall–Kier alpha value is -0.870. The highest BCUT2D eigenvalue weighted by Gasteiger charge is 2.20. The summed E-state index contributed by atoms with van der Waals surface area (Å²) < 4.78 is 10.3. The summed E-state index contributed by atoms with van der Waals surface area (Å²) in [5.74, 6) is -0.202. The number of thiophene rings is 1. The second-order valence-electron chi connectivity index (χ2n) is 3.07. The van der Waals surface area contributed by atoms with Crippen molar-refractivity contribution in [3.63, 3.8) is 0 Å². The zero-order chi connectivity index (χ0) is 9.97. The molecule has 0 radical (unpaired) electrons. The van der Waals surface area contributed by atoms with Crippen molar-refractivity contribution in [2.75, 3.05) is 13.2 Å². The van der Waals surface area contributed by atoms with Crippen molar-refractivity contribution in [2.24, 2.45) is 0 Å². The topological polar surface area (TPSA) is 35.5 Å². The van der Waals surface area contributed by atoms with Crippen LogP contribution in [0, 0.1) is 0 Å². The summed E-state index contributed by atoms with van der Waals surface area (Å²) in [4.78, 5) is 12.7. The molecule has 0 unspecified atom stereocenters. The van der Waals surface area contributed by atoms with Crippen LogP contribution in [0.25, 0.3) is 0 Å². The minimum atomic E-state index is -0.202. The van der Waals surface area contributed by atoms with Gasteiger partial charge in [-0.05, 0) is 18.9 Å². The predicted molar refractivity (Wildman–Crippen MR) is 53.6 cm³/mol. The fourth-order valence-corrected chi connectivity index (χ4v) is 2.54. The Labute approximate surface area is 86.6 Å². The van der Waals surface area contributed by atoms with Gasteiger partial charge in [0.05, 0.1) is 25.4 Å². The van der Waals surface area contributed by atoms with E-state index >= 15 is 0 Å². The van der Waals surface area contributed by atoms with Gasteiger partial charge in [-0.1, -0.05) is 0 Å². The number of fused-ring (bicyclic) bond motifs is 1. The minimum Gasteiger partial charge on any atom is -0.462 e. The highest BCUT2D eigenvalue weighted by atomic mass is 32.1. The first kappa shape index (κ1) is 9.68. The van der Waals surface area contributed by atoms with Crippen molar-refractivity contribution in [1.29, 1.82) is 0 Å². The van der Waals surface area contributed by atoms with Gasteiger partial charge in [-0.15, -0.1) is 11.3 Å². The average Bonchev–Trinajstić information content (AvgIpc) is 2.61. The molecule has 1 aromatic rings. The monoisotopic (exact) mass is 212 g/mol. The van der Waals surface area contributed by atoms with E-state index in [-0.39, 0.29) is 5.97 Å². The third-order valence-corrected chi connectivity index (χ3v) is 3.21. The molecule has 14 heavy (non-hydrogen) atoms. The number of esters is 1. The lowest BCUT2D eigenvalue weighted by Crippen LogP contribution is -2.12. The van der Waals surface area contributed by atoms with Crippen molar-refractivity contribution in [2.45, 2.75) is 20.0 Å². The van der Waals surface area contributed by atoms with Gasteiger partial charge in [-0.3, -0.25) is 0 Å². The van der Waals surface area contributed by atoms with Gasteiger partial charge in [0.15, 0.2) is 0 Å². The number of rotatable bonds is 2. The molecule has 0 spiro atoms. The normalized spacial score (nSPS) is 14.9. The van der Waals surface area contributed by atoms with Gasteiger partial charge < -0.3 is 9.47 Å². The molecule has 76 valence electrons. The van der Waals surface area contributed by atoms with Crippen LogP contribution in [-0.4, -0.2) is 19.2 Å². The maximum absolute atomic E-state index is 11.5. The Morgan fingerprint density at radius 2 is 2.57 bits per heavy atom. The molecule has 2 rings (SSSR count). The molecular formula is C10H12O3S. The molecule has 4 heteroatoms. The Bertz CT molecular complexity index is 343. The van der Waals surface area contributed by atoms with Crippen LogP contribution in [0.1, 0.15) is 27.7 Å². The van der Waals surface area contributed by atoms with Crippen molar-refractivity contribution >= 4 is 17.3 Å². The van der Waals surface area contributed by atoms with Crippen LogP contribution < -0.4 is 0 Å². The molecule has 0 aromatic carbocycles. The maximum atomic E-state index is 11.5. The van der Waals surface area contributed by atoms with E-state index in [0.717, 1.165) is 17.5 Å². The largest absolute Gasteiger partial charge is 0.462 e. The molecule has 0 amide bonds. The van der Waals surface area contributed by atoms with Crippen molar-refractivity contribution in [1.82, 2.24) is 0 Å². The first-order valence-corrected chi connectivity index (χ1v) is 5.55. The van der Waals surface area contributed by atoms with Crippen LogP contribution in [0.5, 0.6) is 0 Å². The standard InChI is InChI=1S/C10H12O3S/c1-2-13-10(11)8-6-14-9-5-12-4-3-7(8)9/h6H,2-5H2,1H3. The van der Waals surface area contributed by atoms with E-state index in [1.165, 1.54) is 4.88 Å². The van der Waals surface area contributed by atoms with Gasteiger partial charge in [0.25, 0.3) is 0 Å². The summed E-state index contributed by atoms with van der Waals surface area (Å²) in [6.07, 6.45) is 0.826. The van der Waals surface area contributed by atoms with Crippen LogP contribution in [0.4, 0.5) is 0 Å². The highest BCUT2D eigenvalue weighted by molar-refractivity contribution is 7.10. The Balaban J connectivity index is 2.25. The summed E-state index contributed by atoms with van der Waals surface area (Å²) in [5, 5.41) is 1.87. The lowest BCUT2D eigenvalue weighted by molar-refractivity contribution is 0.0522. The number of carbonyl (C=O) groups excluding carboxylic acids is 1. The Morgan fingerprint density at radius 1 is 1.71 bits per heavy atom. The number of hydrogen-bond donors (Lipinski definition) is 0. The van der Waals surface area contributed by atoms with Gasteiger partial charge in [0, 0.05) is 10.3 Å². The van der Waals surface area contributed by atoms with Crippen molar-refractivity contribution < 1.29 is 14.3 Å². The van der Waals surface area contributed by atoms with E-state index in [1.54, 1.807) is 11.3 Å². The van der Waals surface area contributed by atoms with E-state index < -0.39 is 0 Å². The molecule has 0 saturated carbocycles. The summed E-state index contributed by atoms with van der Waals surface area (Å²) in [7, 11) is 0. The number of hydrogen-bond acceptors (Lipinski definition) is 4. The van der Waals surface area contributed by atoms with Gasteiger partial charge in [-0.25, -0.2) is 4.79 Å². The quantitative estimate of drug-likeness (QED) is 0.703. The van der Waals surface area contributed by atoms with Crippen LogP contribution in [-0.2, 0) is 22.5 Å². The summed E-state index contributed by atoms with van der Waals surface area (Å²) in [5.41, 5.74) is 1.86. The summed E-state index contributed by atoms with van der Waals surface area (Å²) >= 11 is 1.58. The first-order chi connectivity index (χ1) is 6.83. The van der Waals surface area contributed by atoms with Crippen LogP contribution >= 0.6 is 11.3 Å². The molecule has 1 aliphatic heterocycles. The predicted octanol–water partition coefficient (Wildman–Crippen LogP) is 2.00. The highest BCUT2D eigenvalue weighted by Crippen LogP contribution is 2.27. The van der Waals surface area contributed by atoms with E-state index in [2.05, 4.69) is 0 Å². The van der Waals surface area contributed by atoms with Gasteiger partial charge in [-0.2, -0.15) is 0 Å². The van der Waals surface area contributed by atoms with Gasteiger partial charge in [0.2, 0.25) is 0 Å². The number of carbonyl (C=O) groups is 1. The molecule has 0 N–H and O–H groups in total. The molecule has 0 aliphatic carbocycles. The zero-order valence-electron chi connectivity index (χ0n) is 8.04. The fourth-order valence-electron chi connectivity index (χ4n) is 1.54. The van der Waals surface area contributed by atoms with Crippen molar-refractivity contribution in [3.8, 4) is 0 Å². The van der Waals surface area contributed by atoms with E-state index in [4.69, 9.17) is 9.47 Å². The molecule has 1 aliphatic rings. The molecule has 0 fully saturated rings. The second kappa shape index (κ2) is 4.11. The van der Waals surface area contributed by atoms with Crippen LogP contribution in [0.2, 0.25) is 0 Å². The number of ether oxygens (including phenoxy) is 2. The fraction of sp³-hybridized carbons (Fsp3) is 0.500. The second-order valence-corrected chi connectivity index (χ2v) is 4.04. The Morgan fingerprint density at radius 3 is 3.36 bits per heavy atom. The molecule has 1 aromatic heterocycles. The van der Waals surface area contributed by atoms with E-state index in [0.29, 0.717) is 19.8 Å². The average molecular weight is 212 g/mol. The van der Waals surface area contributed by atoms with E-state index in [1.807, 2.05) is 12.3 Å². The lowest BCUT2D eigenvalue weighted by Gasteiger charge is -2.12. The van der Waals surface area contributed by atoms with Gasteiger partial charge >= 0.3 is 5.97 Å². The Kier molecular flexibility index (Phi) is 2.84. The molecule has 0 bridgehead atoms. The summed E-state index contributed by atoms with van der Waals surface area (Å²) in [6, 6.07) is 0. The minimum absolute atomic E-state index is 0.202. The SMILES string of the molecule is CCOC(=O)c1csc2c1CCOC2. The summed E-state index contributed by atoms with van der Waals surface area (Å²) in [6.45, 7) is 3.59. The smallest absolute Gasteiger partial charge is 0.339 e. The molecule has 2 heterocycles. The first-order valence-electron chi connectivity index (χ1n) is 4.67. The molecular weight excluding hydrogens is 200 g/mol. The maximum Gasteiger partial charge on any atom is 0.339 e.